The molecule has 1 aromatic heterocycles. The molecule has 0 saturated carbocycles. The van der Waals surface area contributed by atoms with Gasteiger partial charge in [0, 0.05) is 5.69 Å². The van der Waals surface area contributed by atoms with Crippen LogP contribution in [0.15, 0.2) is 76.7 Å². The first kappa shape index (κ1) is 22.3. The van der Waals surface area contributed by atoms with Gasteiger partial charge in [-0.05, 0) is 68.8 Å². The Labute approximate surface area is 195 Å². The molecule has 0 aliphatic carbocycles. The van der Waals surface area contributed by atoms with Crippen molar-refractivity contribution in [1.29, 1.82) is 5.26 Å². The van der Waals surface area contributed by atoms with Gasteiger partial charge in [0.2, 0.25) is 5.91 Å². The van der Waals surface area contributed by atoms with Crippen molar-refractivity contribution in [1.82, 2.24) is 9.55 Å². The number of aromatic nitrogens is 2. The lowest BCUT2D eigenvalue weighted by molar-refractivity contribution is -0.115. The van der Waals surface area contributed by atoms with Gasteiger partial charge in [0.25, 0.3) is 5.56 Å². The number of nitrogens with one attached hydrogen (secondary N) is 1. The maximum atomic E-state index is 13.5. The van der Waals surface area contributed by atoms with Crippen molar-refractivity contribution in [3.63, 3.8) is 0 Å². The number of carbonyl (C=O) groups is 1. The minimum Gasteiger partial charge on any atom is -0.325 e. The zero-order chi connectivity index (χ0) is 23.5. The molecule has 0 bridgehead atoms. The lowest BCUT2D eigenvalue weighted by Gasteiger charge is -2.18. The smallest absolute Gasteiger partial charge is 0.266 e. The van der Waals surface area contributed by atoms with Crippen LogP contribution in [-0.2, 0) is 4.79 Å². The summed E-state index contributed by atoms with van der Waals surface area (Å²) in [6.45, 7) is 5.74. The van der Waals surface area contributed by atoms with Crippen LogP contribution in [0.5, 0.6) is 0 Å². The van der Waals surface area contributed by atoms with E-state index in [4.69, 9.17) is 10.2 Å². The molecule has 0 radical (unpaired) electrons. The highest BCUT2D eigenvalue weighted by Crippen LogP contribution is 2.27. The summed E-state index contributed by atoms with van der Waals surface area (Å²) in [7, 11) is 0. The number of carbonyl (C=O) groups excluding carboxylic acids is 1. The Hall–Kier alpha value is -3.89. The maximum absolute atomic E-state index is 13.5. The van der Waals surface area contributed by atoms with E-state index in [-0.39, 0.29) is 11.5 Å². The first-order valence-corrected chi connectivity index (χ1v) is 11.3. The molecular formula is C26H22N4O2S. The quantitative estimate of drug-likeness (QED) is 0.339. The van der Waals surface area contributed by atoms with Crippen LogP contribution in [0.4, 0.5) is 5.69 Å². The van der Waals surface area contributed by atoms with E-state index < -0.39 is 5.25 Å². The Kier molecular flexibility index (Phi) is 6.29. The summed E-state index contributed by atoms with van der Waals surface area (Å²) in [5.41, 5.74) is 4.33. The van der Waals surface area contributed by atoms with Gasteiger partial charge in [0.15, 0.2) is 5.16 Å². The van der Waals surface area contributed by atoms with E-state index in [2.05, 4.69) is 11.4 Å². The third-order valence-corrected chi connectivity index (χ3v) is 6.32. The van der Waals surface area contributed by atoms with Gasteiger partial charge in [-0.15, -0.1) is 0 Å². The van der Waals surface area contributed by atoms with Crippen LogP contribution in [0.1, 0.15) is 23.6 Å². The summed E-state index contributed by atoms with van der Waals surface area (Å²) in [6, 6.07) is 21.8. The number of rotatable bonds is 5. The van der Waals surface area contributed by atoms with Gasteiger partial charge in [-0.2, -0.15) is 5.26 Å². The average molecular weight is 455 g/mol. The van der Waals surface area contributed by atoms with Crippen molar-refractivity contribution in [2.75, 3.05) is 5.32 Å². The molecule has 6 nitrogen and oxygen atoms in total. The number of thioether (sulfide) groups is 1. The minimum absolute atomic E-state index is 0.172. The third kappa shape index (κ3) is 4.66. The lowest BCUT2D eigenvalue weighted by Crippen LogP contribution is -2.26. The van der Waals surface area contributed by atoms with Crippen molar-refractivity contribution < 1.29 is 4.79 Å². The van der Waals surface area contributed by atoms with E-state index in [9.17, 15) is 9.59 Å². The number of nitrogens with zero attached hydrogens (tertiary/aromatic N) is 3. The number of nitriles is 1. The molecule has 3 aromatic carbocycles. The molecule has 1 atom stereocenters. The maximum Gasteiger partial charge on any atom is 0.266 e. The van der Waals surface area contributed by atoms with Crippen molar-refractivity contribution in [2.45, 2.75) is 31.2 Å². The van der Waals surface area contributed by atoms with Crippen LogP contribution in [0, 0.1) is 25.2 Å². The molecule has 4 aromatic rings. The molecular weight excluding hydrogens is 432 g/mol. The molecule has 4 rings (SSSR count). The number of hydrogen-bond donors (Lipinski definition) is 1. The minimum atomic E-state index is -0.522. The summed E-state index contributed by atoms with van der Waals surface area (Å²) >= 11 is 1.23. The van der Waals surface area contributed by atoms with Crippen LogP contribution in [0.25, 0.3) is 16.6 Å². The largest absolute Gasteiger partial charge is 0.325 e. The molecule has 1 heterocycles. The summed E-state index contributed by atoms with van der Waals surface area (Å²) in [5, 5.41) is 12.3. The number of anilines is 1. The molecule has 0 aliphatic rings. The van der Waals surface area contributed by atoms with Gasteiger partial charge in [0.1, 0.15) is 0 Å². The second-order valence-corrected chi connectivity index (χ2v) is 9.09. The first-order chi connectivity index (χ1) is 15.9. The number of aryl methyl sites for hydroxylation is 2. The number of hydrogen-bond acceptors (Lipinski definition) is 5. The number of fused-ring (bicyclic) bond motifs is 1. The summed E-state index contributed by atoms with van der Waals surface area (Å²) in [5.74, 6) is -0.223. The predicted octanol–water partition coefficient (Wildman–Crippen LogP) is 4.99. The Bertz CT molecular complexity index is 1450. The Morgan fingerprint density at radius 2 is 1.82 bits per heavy atom. The molecule has 0 aliphatic heterocycles. The zero-order valence-electron chi connectivity index (χ0n) is 18.5. The highest BCUT2D eigenvalue weighted by Gasteiger charge is 2.21. The van der Waals surface area contributed by atoms with E-state index in [1.54, 1.807) is 47.9 Å². The molecule has 7 heteroatoms. The fourth-order valence-corrected chi connectivity index (χ4v) is 4.46. The van der Waals surface area contributed by atoms with Gasteiger partial charge in [-0.1, -0.05) is 41.6 Å². The van der Waals surface area contributed by atoms with Crippen molar-refractivity contribution in [2.24, 2.45) is 0 Å². The van der Waals surface area contributed by atoms with Crippen LogP contribution in [-0.4, -0.2) is 20.7 Å². The van der Waals surface area contributed by atoms with E-state index in [1.165, 1.54) is 11.8 Å². The van der Waals surface area contributed by atoms with Gasteiger partial charge in [-0.25, -0.2) is 4.98 Å². The van der Waals surface area contributed by atoms with Gasteiger partial charge < -0.3 is 5.32 Å². The molecule has 0 spiro atoms. The van der Waals surface area contributed by atoms with Crippen molar-refractivity contribution >= 4 is 34.3 Å². The van der Waals surface area contributed by atoms with Crippen molar-refractivity contribution in [3.05, 3.63) is 93.8 Å². The molecule has 1 N–H and O–H groups in total. The van der Waals surface area contributed by atoms with Crippen LogP contribution < -0.4 is 10.9 Å². The van der Waals surface area contributed by atoms with E-state index in [0.29, 0.717) is 27.3 Å². The molecule has 0 saturated heterocycles. The summed E-state index contributed by atoms with van der Waals surface area (Å²) < 4.78 is 1.59. The SMILES string of the molecule is Cc1ccc(-n2c(SC(C)C(=O)Nc3ccc(C#N)cc3)nc3ccccc3c2=O)c(C)c1. The zero-order valence-corrected chi connectivity index (χ0v) is 19.3. The first-order valence-electron chi connectivity index (χ1n) is 10.4. The number of benzene rings is 3. The van der Waals surface area contributed by atoms with Crippen molar-refractivity contribution in [3.8, 4) is 11.8 Å². The Morgan fingerprint density at radius 3 is 2.52 bits per heavy atom. The van der Waals surface area contributed by atoms with E-state index in [1.807, 2.05) is 44.2 Å². The van der Waals surface area contributed by atoms with E-state index in [0.717, 1.165) is 16.8 Å². The van der Waals surface area contributed by atoms with Gasteiger partial charge >= 0.3 is 0 Å². The molecule has 33 heavy (non-hydrogen) atoms. The highest BCUT2D eigenvalue weighted by atomic mass is 32.2. The fraction of sp³-hybridized carbons (Fsp3) is 0.154. The fourth-order valence-electron chi connectivity index (χ4n) is 3.54. The van der Waals surface area contributed by atoms with Gasteiger partial charge in [0.05, 0.1) is 33.5 Å². The topological polar surface area (TPSA) is 87.8 Å². The predicted molar refractivity (Wildman–Crippen MR) is 132 cm³/mol. The molecule has 0 fully saturated rings. The summed E-state index contributed by atoms with van der Waals surface area (Å²) in [6.07, 6.45) is 0. The van der Waals surface area contributed by atoms with Crippen LogP contribution in [0.3, 0.4) is 0 Å². The average Bonchev–Trinajstić information content (AvgIpc) is 2.80. The van der Waals surface area contributed by atoms with Crippen LogP contribution >= 0.6 is 11.8 Å². The highest BCUT2D eigenvalue weighted by molar-refractivity contribution is 8.00. The van der Waals surface area contributed by atoms with E-state index >= 15 is 0 Å². The summed E-state index contributed by atoms with van der Waals surface area (Å²) in [4.78, 5) is 31.1. The molecule has 1 amide bonds. The molecule has 164 valence electrons. The lowest BCUT2D eigenvalue weighted by atomic mass is 10.1. The van der Waals surface area contributed by atoms with Crippen LogP contribution in [0.2, 0.25) is 0 Å². The van der Waals surface area contributed by atoms with Gasteiger partial charge in [-0.3, -0.25) is 14.2 Å². The standard InChI is InChI=1S/C26H22N4O2S/c1-16-8-13-23(17(2)14-16)30-25(32)21-6-4-5-7-22(21)29-26(30)33-18(3)24(31)28-20-11-9-19(15-27)10-12-20/h4-14,18H,1-3H3,(H,28,31). The second-order valence-electron chi connectivity index (χ2n) is 7.78. The monoisotopic (exact) mass is 454 g/mol. The second kappa shape index (κ2) is 9.31. The Morgan fingerprint density at radius 1 is 1.09 bits per heavy atom. The molecule has 1 unspecified atom stereocenters. The third-order valence-electron chi connectivity index (χ3n) is 5.27. The normalized spacial score (nSPS) is 11.7. The number of para-hydroxylation sites is 1. The Balaban J connectivity index is 1.72. The number of amides is 1.